The Hall–Kier alpha value is -2.57. The molecule has 30 heavy (non-hydrogen) atoms. The van der Waals surface area contributed by atoms with Gasteiger partial charge in [0.15, 0.2) is 5.16 Å². The van der Waals surface area contributed by atoms with Crippen LogP contribution < -0.4 is 5.56 Å². The minimum absolute atomic E-state index is 0.00237. The molecule has 5 nitrogen and oxygen atoms in total. The first-order valence-electron chi connectivity index (χ1n) is 9.89. The Morgan fingerprint density at radius 3 is 2.57 bits per heavy atom. The Bertz CT molecular complexity index is 1230. The van der Waals surface area contributed by atoms with E-state index >= 15 is 0 Å². The Morgan fingerprint density at radius 2 is 1.80 bits per heavy atom. The molecule has 0 aliphatic carbocycles. The average Bonchev–Trinajstić information content (AvgIpc) is 3.06. The molecule has 4 aromatic rings. The predicted octanol–water partition coefficient (Wildman–Crippen LogP) is 5.25. The highest BCUT2D eigenvalue weighted by Gasteiger charge is 2.12. The molecular weight excluding hydrogens is 416 g/mol. The molecule has 2 heterocycles. The van der Waals surface area contributed by atoms with E-state index in [1.807, 2.05) is 54.2 Å². The van der Waals surface area contributed by atoms with Crippen molar-refractivity contribution in [3.05, 3.63) is 86.9 Å². The van der Waals surface area contributed by atoms with Crippen molar-refractivity contribution < 1.29 is 0 Å². The van der Waals surface area contributed by atoms with Crippen LogP contribution in [0.4, 0.5) is 0 Å². The zero-order chi connectivity index (χ0) is 21.1. The van der Waals surface area contributed by atoms with Crippen LogP contribution in [-0.4, -0.2) is 19.3 Å². The number of fused-ring (bicyclic) bond motifs is 1. The summed E-state index contributed by atoms with van der Waals surface area (Å²) in [6.07, 6.45) is 2.58. The van der Waals surface area contributed by atoms with Crippen molar-refractivity contribution in [1.29, 1.82) is 0 Å². The number of rotatable bonds is 7. The van der Waals surface area contributed by atoms with Gasteiger partial charge in [-0.2, -0.15) is 5.10 Å². The number of benzene rings is 2. The Kier molecular flexibility index (Phi) is 6.25. The molecule has 0 aliphatic heterocycles. The normalized spacial score (nSPS) is 11.3. The standard InChI is InChI=1S/C23H23ClN4OS/c1-16-8-3-4-9-18(16)15-30-23-25-21-11-6-5-10-19(21)22(29)28(23)13-7-12-27-14-20(24)17(2)26-27/h3-6,8-11,14H,7,12-13,15H2,1-2H3. The van der Waals surface area contributed by atoms with E-state index < -0.39 is 0 Å². The molecular formula is C23H23ClN4OS. The fourth-order valence-corrected chi connectivity index (χ4v) is 4.62. The minimum atomic E-state index is 0.00237. The molecule has 0 aliphatic rings. The number of thioether (sulfide) groups is 1. The van der Waals surface area contributed by atoms with Crippen LogP contribution in [0.1, 0.15) is 23.2 Å². The van der Waals surface area contributed by atoms with Crippen LogP contribution >= 0.6 is 23.4 Å². The van der Waals surface area contributed by atoms with E-state index in [9.17, 15) is 4.79 Å². The van der Waals surface area contributed by atoms with Gasteiger partial charge in [-0.25, -0.2) is 4.98 Å². The Labute approximate surface area is 184 Å². The van der Waals surface area contributed by atoms with Crippen molar-refractivity contribution in [3.8, 4) is 0 Å². The van der Waals surface area contributed by atoms with Crippen LogP contribution in [0.25, 0.3) is 10.9 Å². The summed E-state index contributed by atoms with van der Waals surface area (Å²) in [5.74, 6) is 0.769. The summed E-state index contributed by atoms with van der Waals surface area (Å²) in [5, 5.41) is 6.46. The van der Waals surface area contributed by atoms with Crippen molar-refractivity contribution in [1.82, 2.24) is 19.3 Å². The molecule has 0 fully saturated rings. The topological polar surface area (TPSA) is 52.7 Å². The highest BCUT2D eigenvalue weighted by Crippen LogP contribution is 2.24. The summed E-state index contributed by atoms with van der Waals surface area (Å²) >= 11 is 7.71. The second-order valence-corrected chi connectivity index (χ2v) is 8.61. The highest BCUT2D eigenvalue weighted by atomic mass is 35.5. The molecule has 0 saturated heterocycles. The van der Waals surface area contributed by atoms with E-state index in [0.29, 0.717) is 23.5 Å². The molecule has 0 bridgehead atoms. The summed E-state index contributed by atoms with van der Waals surface area (Å²) in [5.41, 5.74) is 4.04. The molecule has 7 heteroatoms. The third-order valence-electron chi connectivity index (χ3n) is 5.10. The third-order valence-corrected chi connectivity index (χ3v) is 6.50. The lowest BCUT2D eigenvalue weighted by Crippen LogP contribution is -2.24. The van der Waals surface area contributed by atoms with Crippen molar-refractivity contribution in [2.24, 2.45) is 0 Å². The van der Waals surface area contributed by atoms with Gasteiger partial charge in [-0.15, -0.1) is 0 Å². The fraction of sp³-hybridized carbons (Fsp3) is 0.261. The molecule has 0 unspecified atom stereocenters. The van der Waals surface area contributed by atoms with E-state index in [0.717, 1.165) is 28.5 Å². The third kappa shape index (κ3) is 4.45. The van der Waals surface area contributed by atoms with Gasteiger partial charge in [0.25, 0.3) is 5.56 Å². The maximum Gasteiger partial charge on any atom is 0.262 e. The SMILES string of the molecule is Cc1ccccc1CSc1nc2ccccc2c(=O)n1CCCn1cc(Cl)c(C)n1. The Balaban J connectivity index is 1.60. The van der Waals surface area contributed by atoms with Gasteiger partial charge < -0.3 is 0 Å². The molecule has 4 rings (SSSR count). The van der Waals surface area contributed by atoms with Crippen molar-refractivity contribution in [2.45, 2.75) is 44.3 Å². The number of aromatic nitrogens is 4. The lowest BCUT2D eigenvalue weighted by atomic mass is 10.1. The zero-order valence-electron chi connectivity index (χ0n) is 17.0. The number of nitrogens with zero attached hydrogens (tertiary/aromatic N) is 4. The molecule has 0 radical (unpaired) electrons. The lowest BCUT2D eigenvalue weighted by Gasteiger charge is -2.14. The molecule has 2 aromatic heterocycles. The maximum atomic E-state index is 13.2. The first-order valence-corrected chi connectivity index (χ1v) is 11.3. The number of halogens is 1. The number of hydrogen-bond donors (Lipinski definition) is 0. The van der Waals surface area contributed by atoms with Crippen LogP contribution in [0.3, 0.4) is 0 Å². The lowest BCUT2D eigenvalue weighted by molar-refractivity contribution is 0.493. The molecule has 154 valence electrons. The second-order valence-electron chi connectivity index (χ2n) is 7.26. The highest BCUT2D eigenvalue weighted by molar-refractivity contribution is 7.98. The molecule has 0 N–H and O–H groups in total. The fourth-order valence-electron chi connectivity index (χ4n) is 3.37. The summed E-state index contributed by atoms with van der Waals surface area (Å²) in [6.45, 7) is 5.25. The molecule has 0 spiro atoms. The smallest absolute Gasteiger partial charge is 0.262 e. The largest absolute Gasteiger partial charge is 0.287 e. The van der Waals surface area contributed by atoms with Crippen molar-refractivity contribution in [2.75, 3.05) is 0 Å². The van der Waals surface area contributed by atoms with Gasteiger partial charge in [0.05, 0.1) is 21.6 Å². The van der Waals surface area contributed by atoms with Gasteiger partial charge in [-0.1, -0.05) is 59.8 Å². The summed E-state index contributed by atoms with van der Waals surface area (Å²) in [6, 6.07) is 15.8. The molecule has 0 amide bonds. The van der Waals surface area contributed by atoms with Crippen LogP contribution in [0.5, 0.6) is 0 Å². The minimum Gasteiger partial charge on any atom is -0.287 e. The van der Waals surface area contributed by atoms with E-state index in [1.54, 1.807) is 16.3 Å². The summed E-state index contributed by atoms with van der Waals surface area (Å²) in [7, 11) is 0. The predicted molar refractivity (Wildman–Crippen MR) is 123 cm³/mol. The van der Waals surface area contributed by atoms with E-state index in [4.69, 9.17) is 16.6 Å². The van der Waals surface area contributed by atoms with E-state index in [2.05, 4.69) is 24.2 Å². The van der Waals surface area contributed by atoms with E-state index in [-0.39, 0.29) is 5.56 Å². The monoisotopic (exact) mass is 438 g/mol. The second kappa shape index (κ2) is 9.06. The van der Waals surface area contributed by atoms with Crippen LogP contribution in [0.15, 0.2) is 64.7 Å². The van der Waals surface area contributed by atoms with Gasteiger partial charge in [0.1, 0.15) is 0 Å². The first kappa shape index (κ1) is 20.7. The zero-order valence-corrected chi connectivity index (χ0v) is 18.6. The van der Waals surface area contributed by atoms with Crippen LogP contribution in [0, 0.1) is 13.8 Å². The maximum absolute atomic E-state index is 13.2. The van der Waals surface area contributed by atoms with Gasteiger partial charge in [-0.05, 0) is 43.5 Å². The van der Waals surface area contributed by atoms with Crippen molar-refractivity contribution in [3.63, 3.8) is 0 Å². The van der Waals surface area contributed by atoms with Crippen LogP contribution in [-0.2, 0) is 18.8 Å². The summed E-state index contributed by atoms with van der Waals surface area (Å²) < 4.78 is 3.63. The van der Waals surface area contributed by atoms with Crippen LogP contribution in [0.2, 0.25) is 5.02 Å². The quantitative estimate of drug-likeness (QED) is 0.292. The molecule has 0 saturated carbocycles. The van der Waals surface area contributed by atoms with Gasteiger partial charge in [0.2, 0.25) is 0 Å². The number of hydrogen-bond acceptors (Lipinski definition) is 4. The number of aryl methyl sites for hydroxylation is 3. The van der Waals surface area contributed by atoms with Gasteiger partial charge in [-0.3, -0.25) is 14.0 Å². The molecule has 0 atom stereocenters. The number of para-hydroxylation sites is 1. The van der Waals surface area contributed by atoms with Gasteiger partial charge >= 0.3 is 0 Å². The summed E-state index contributed by atoms with van der Waals surface area (Å²) in [4.78, 5) is 18.0. The average molecular weight is 439 g/mol. The Morgan fingerprint density at radius 1 is 1.03 bits per heavy atom. The molecule has 2 aromatic carbocycles. The van der Waals surface area contributed by atoms with Gasteiger partial charge in [0, 0.05) is 25.0 Å². The van der Waals surface area contributed by atoms with E-state index in [1.165, 1.54) is 11.1 Å². The first-order chi connectivity index (χ1) is 14.5. The van der Waals surface area contributed by atoms with Crippen molar-refractivity contribution >= 4 is 34.3 Å².